The van der Waals surface area contributed by atoms with Crippen molar-refractivity contribution in [2.24, 2.45) is 0 Å². The van der Waals surface area contributed by atoms with Crippen molar-refractivity contribution in [2.75, 3.05) is 4.90 Å². The van der Waals surface area contributed by atoms with Crippen LogP contribution in [0.3, 0.4) is 0 Å². The van der Waals surface area contributed by atoms with Gasteiger partial charge in [0.05, 0.1) is 11.3 Å². The van der Waals surface area contributed by atoms with E-state index >= 15 is 0 Å². The molecule has 0 unspecified atom stereocenters. The number of carboxylic acid groups (broad SMARTS) is 1. The average molecular weight is 557 g/mol. The Labute approximate surface area is 242 Å². The summed E-state index contributed by atoms with van der Waals surface area (Å²) in [7, 11) is 0. The SMILES string of the molecule is CCCC(CCC)N(Cc1ccc(-c2csc(COc3ccc(C(=O)O)cc3)n2)cc1)c1ccc(C(C)C)cc1. The van der Waals surface area contributed by atoms with Crippen molar-refractivity contribution in [1.29, 1.82) is 0 Å². The van der Waals surface area contributed by atoms with Gasteiger partial charge in [-0.15, -0.1) is 11.3 Å². The minimum Gasteiger partial charge on any atom is -0.486 e. The van der Waals surface area contributed by atoms with Crippen LogP contribution in [0, 0.1) is 0 Å². The Balaban J connectivity index is 1.44. The molecule has 0 saturated heterocycles. The molecule has 0 aliphatic heterocycles. The summed E-state index contributed by atoms with van der Waals surface area (Å²) in [5.41, 5.74) is 6.22. The minimum atomic E-state index is -0.947. The number of hydrogen-bond acceptors (Lipinski definition) is 5. The lowest BCUT2D eigenvalue weighted by atomic mass is 10.00. The second kappa shape index (κ2) is 14.1. The van der Waals surface area contributed by atoms with Crippen LogP contribution in [0.2, 0.25) is 0 Å². The van der Waals surface area contributed by atoms with Gasteiger partial charge in [-0.1, -0.05) is 76.9 Å². The number of hydrogen-bond donors (Lipinski definition) is 1. The first-order valence-corrected chi connectivity index (χ1v) is 15.1. The van der Waals surface area contributed by atoms with Crippen LogP contribution in [-0.2, 0) is 13.2 Å². The van der Waals surface area contributed by atoms with E-state index in [2.05, 4.69) is 86.5 Å². The van der Waals surface area contributed by atoms with Gasteiger partial charge in [0.1, 0.15) is 17.4 Å². The largest absolute Gasteiger partial charge is 0.486 e. The topological polar surface area (TPSA) is 62.7 Å². The smallest absolute Gasteiger partial charge is 0.335 e. The van der Waals surface area contributed by atoms with Crippen molar-refractivity contribution in [3.05, 3.63) is 99.9 Å². The zero-order valence-electron chi connectivity index (χ0n) is 24.0. The molecule has 6 heteroatoms. The minimum absolute atomic E-state index is 0.241. The van der Waals surface area contributed by atoms with Gasteiger partial charge >= 0.3 is 5.97 Å². The molecular weight excluding hydrogens is 516 g/mol. The van der Waals surface area contributed by atoms with E-state index in [1.807, 2.05) is 0 Å². The molecule has 0 radical (unpaired) electrons. The molecule has 0 aliphatic carbocycles. The van der Waals surface area contributed by atoms with E-state index in [0.29, 0.717) is 24.3 Å². The van der Waals surface area contributed by atoms with Crippen LogP contribution in [0.5, 0.6) is 5.75 Å². The maximum atomic E-state index is 11.0. The molecule has 0 fully saturated rings. The molecule has 210 valence electrons. The second-order valence-corrected chi connectivity index (χ2v) is 11.5. The lowest BCUT2D eigenvalue weighted by Gasteiger charge is -2.34. The quantitative estimate of drug-likeness (QED) is 0.168. The zero-order chi connectivity index (χ0) is 28.5. The van der Waals surface area contributed by atoms with Gasteiger partial charge in [0.25, 0.3) is 0 Å². The van der Waals surface area contributed by atoms with Crippen LogP contribution in [0.1, 0.15) is 85.8 Å². The predicted molar refractivity (Wildman–Crippen MR) is 166 cm³/mol. The van der Waals surface area contributed by atoms with Gasteiger partial charge < -0.3 is 14.7 Å². The molecule has 4 aromatic rings. The summed E-state index contributed by atoms with van der Waals surface area (Å²) in [5.74, 6) is 0.205. The van der Waals surface area contributed by atoms with Gasteiger partial charge in [-0.3, -0.25) is 0 Å². The Morgan fingerprint density at radius 1 is 0.925 bits per heavy atom. The van der Waals surface area contributed by atoms with Crippen LogP contribution in [0.4, 0.5) is 5.69 Å². The van der Waals surface area contributed by atoms with Crippen LogP contribution in [0.15, 0.2) is 78.2 Å². The van der Waals surface area contributed by atoms with Crippen molar-refractivity contribution in [2.45, 2.75) is 78.5 Å². The summed E-state index contributed by atoms with van der Waals surface area (Å²) >= 11 is 1.56. The number of carbonyl (C=O) groups is 1. The summed E-state index contributed by atoms with van der Waals surface area (Å²) in [4.78, 5) is 18.4. The summed E-state index contributed by atoms with van der Waals surface area (Å²) in [6.07, 6.45) is 4.72. The van der Waals surface area contributed by atoms with E-state index in [0.717, 1.165) is 22.8 Å². The molecule has 5 nitrogen and oxygen atoms in total. The standard InChI is InChI=1S/C34H40N2O3S/c1-5-7-29(8-6-2)36(30-17-13-26(14-18-30)24(3)4)21-25-9-11-27(12-10-25)32-23-40-33(35-32)22-39-31-19-15-28(16-20-31)34(37)38/h9-20,23-24,29H,5-8,21-22H2,1-4H3,(H,37,38). The van der Waals surface area contributed by atoms with Crippen molar-refractivity contribution in [3.63, 3.8) is 0 Å². The zero-order valence-corrected chi connectivity index (χ0v) is 24.8. The molecule has 4 rings (SSSR count). The van der Waals surface area contributed by atoms with Gasteiger partial charge in [0.15, 0.2) is 0 Å². The van der Waals surface area contributed by atoms with Crippen LogP contribution < -0.4 is 9.64 Å². The highest BCUT2D eigenvalue weighted by Crippen LogP contribution is 2.29. The maximum absolute atomic E-state index is 11.0. The first kappa shape index (κ1) is 29.3. The third-order valence-corrected chi connectivity index (χ3v) is 8.02. The Morgan fingerprint density at radius 3 is 2.15 bits per heavy atom. The molecule has 1 aromatic heterocycles. The molecule has 40 heavy (non-hydrogen) atoms. The fourth-order valence-corrected chi connectivity index (χ4v) is 5.65. The van der Waals surface area contributed by atoms with E-state index in [9.17, 15) is 4.79 Å². The van der Waals surface area contributed by atoms with Crippen molar-refractivity contribution in [1.82, 2.24) is 4.98 Å². The number of thiazole rings is 1. The van der Waals surface area contributed by atoms with E-state index in [-0.39, 0.29) is 5.56 Å². The van der Waals surface area contributed by atoms with Gasteiger partial charge in [0.2, 0.25) is 0 Å². The maximum Gasteiger partial charge on any atom is 0.335 e. The van der Waals surface area contributed by atoms with E-state index in [1.54, 1.807) is 35.6 Å². The van der Waals surface area contributed by atoms with Gasteiger partial charge in [-0.25, -0.2) is 9.78 Å². The number of rotatable bonds is 14. The van der Waals surface area contributed by atoms with E-state index < -0.39 is 5.97 Å². The molecule has 0 bridgehead atoms. The Morgan fingerprint density at radius 2 is 1.57 bits per heavy atom. The summed E-state index contributed by atoms with van der Waals surface area (Å²) in [5, 5.41) is 12.0. The second-order valence-electron chi connectivity index (χ2n) is 10.5. The Hall–Kier alpha value is -3.64. The van der Waals surface area contributed by atoms with Crippen LogP contribution in [-0.4, -0.2) is 22.1 Å². The lowest BCUT2D eigenvalue weighted by Crippen LogP contribution is -2.34. The first-order chi connectivity index (χ1) is 19.4. The van der Waals surface area contributed by atoms with Gasteiger partial charge in [-0.05, 0) is 66.3 Å². The number of carboxylic acids is 1. The van der Waals surface area contributed by atoms with Gasteiger partial charge in [0, 0.05) is 29.2 Å². The van der Waals surface area contributed by atoms with Crippen LogP contribution in [0.25, 0.3) is 11.3 Å². The monoisotopic (exact) mass is 556 g/mol. The molecule has 0 saturated carbocycles. The van der Waals surface area contributed by atoms with Crippen molar-refractivity contribution >= 4 is 23.0 Å². The molecule has 1 heterocycles. The molecule has 0 atom stereocenters. The number of anilines is 1. The number of aromatic nitrogens is 1. The highest BCUT2D eigenvalue weighted by Gasteiger charge is 2.19. The molecule has 1 N–H and O–H groups in total. The molecule has 0 spiro atoms. The number of benzene rings is 3. The van der Waals surface area contributed by atoms with Crippen LogP contribution >= 0.6 is 11.3 Å². The highest BCUT2D eigenvalue weighted by molar-refractivity contribution is 7.09. The first-order valence-electron chi connectivity index (χ1n) is 14.2. The fourth-order valence-electron chi connectivity index (χ4n) is 4.93. The molecule has 3 aromatic carbocycles. The van der Waals surface area contributed by atoms with E-state index in [1.165, 1.54) is 42.5 Å². The third kappa shape index (κ3) is 7.72. The van der Waals surface area contributed by atoms with E-state index in [4.69, 9.17) is 14.8 Å². The molecule has 0 amide bonds. The summed E-state index contributed by atoms with van der Waals surface area (Å²) in [6.45, 7) is 10.3. The Kier molecular flexibility index (Phi) is 10.4. The number of aromatic carboxylic acids is 1. The highest BCUT2D eigenvalue weighted by atomic mass is 32.1. The third-order valence-electron chi connectivity index (χ3n) is 7.19. The van der Waals surface area contributed by atoms with Crippen molar-refractivity contribution in [3.8, 4) is 17.0 Å². The average Bonchev–Trinajstić information content (AvgIpc) is 3.44. The fraction of sp³-hybridized carbons (Fsp3) is 0.353. The normalized spacial score (nSPS) is 11.2. The lowest BCUT2D eigenvalue weighted by molar-refractivity contribution is 0.0697. The molecule has 0 aliphatic rings. The van der Waals surface area contributed by atoms with Crippen molar-refractivity contribution < 1.29 is 14.6 Å². The Bertz CT molecular complexity index is 1340. The predicted octanol–water partition coefficient (Wildman–Crippen LogP) is 9.19. The number of nitrogens with zero attached hydrogens (tertiary/aromatic N) is 2. The summed E-state index contributed by atoms with van der Waals surface area (Å²) in [6, 6.07) is 24.8. The molecular formula is C34H40N2O3S. The summed E-state index contributed by atoms with van der Waals surface area (Å²) < 4.78 is 5.81. The van der Waals surface area contributed by atoms with Gasteiger partial charge in [-0.2, -0.15) is 0 Å². The number of ether oxygens (including phenoxy) is 1.